The molecule has 0 saturated carbocycles. The van der Waals surface area contributed by atoms with E-state index in [1.165, 1.54) is 4.57 Å². The molecule has 0 fully saturated rings. The van der Waals surface area contributed by atoms with Gasteiger partial charge in [0.2, 0.25) is 0 Å². The van der Waals surface area contributed by atoms with Crippen LogP contribution in [0.15, 0.2) is 4.79 Å². The number of hydrogen-bond donors (Lipinski definition) is 0. The number of thiophene rings is 1. The zero-order valence-corrected chi connectivity index (χ0v) is 13.8. The maximum atomic E-state index is 12.7. The Morgan fingerprint density at radius 1 is 1.33 bits per heavy atom. The molecule has 0 N–H and O–H groups in total. The van der Waals surface area contributed by atoms with Gasteiger partial charge in [-0.1, -0.05) is 13.8 Å². The standard InChI is InChI=1S/C15H20N4OS/c1-5-18(6-2)9-12-17-14-13(10(3)11(4)21-14)15(20)19(12)8-7-16/h5-6,8-9H2,1-4H3. The van der Waals surface area contributed by atoms with Gasteiger partial charge in [0, 0.05) is 4.88 Å². The molecular formula is C15H20N4OS. The Bertz CT molecular complexity index is 750. The van der Waals surface area contributed by atoms with Gasteiger partial charge >= 0.3 is 0 Å². The number of nitrogens with zero attached hydrogens (tertiary/aromatic N) is 4. The summed E-state index contributed by atoms with van der Waals surface area (Å²) in [5, 5.41) is 9.68. The van der Waals surface area contributed by atoms with Crippen molar-refractivity contribution in [2.75, 3.05) is 13.1 Å². The number of aromatic nitrogens is 2. The second kappa shape index (κ2) is 6.37. The molecule has 0 atom stereocenters. The van der Waals surface area contributed by atoms with Gasteiger partial charge in [-0.05, 0) is 32.5 Å². The summed E-state index contributed by atoms with van der Waals surface area (Å²) in [4.78, 5) is 21.4. The maximum absolute atomic E-state index is 12.7. The van der Waals surface area contributed by atoms with Crippen molar-refractivity contribution in [2.24, 2.45) is 0 Å². The first kappa shape index (κ1) is 15.7. The number of hydrogen-bond acceptors (Lipinski definition) is 5. The van der Waals surface area contributed by atoms with Crippen LogP contribution in [0.2, 0.25) is 0 Å². The van der Waals surface area contributed by atoms with E-state index in [9.17, 15) is 4.79 Å². The first-order valence-electron chi connectivity index (χ1n) is 7.12. The van der Waals surface area contributed by atoms with E-state index < -0.39 is 0 Å². The molecule has 2 rings (SSSR count). The zero-order valence-electron chi connectivity index (χ0n) is 12.9. The van der Waals surface area contributed by atoms with Crippen molar-refractivity contribution < 1.29 is 0 Å². The molecular weight excluding hydrogens is 284 g/mol. The summed E-state index contributed by atoms with van der Waals surface area (Å²) < 4.78 is 1.51. The molecule has 112 valence electrons. The summed E-state index contributed by atoms with van der Waals surface area (Å²) >= 11 is 1.55. The lowest BCUT2D eigenvalue weighted by atomic mass is 10.2. The minimum absolute atomic E-state index is 0.0483. The summed E-state index contributed by atoms with van der Waals surface area (Å²) in [7, 11) is 0. The molecule has 0 amide bonds. The number of nitriles is 1. The van der Waals surface area contributed by atoms with E-state index in [1.54, 1.807) is 11.3 Å². The van der Waals surface area contributed by atoms with E-state index in [-0.39, 0.29) is 12.1 Å². The van der Waals surface area contributed by atoms with Crippen LogP contribution >= 0.6 is 11.3 Å². The number of rotatable bonds is 5. The fourth-order valence-corrected chi connectivity index (χ4v) is 3.41. The Kier molecular flexibility index (Phi) is 4.76. The highest BCUT2D eigenvalue weighted by Gasteiger charge is 2.17. The van der Waals surface area contributed by atoms with Crippen molar-refractivity contribution in [3.63, 3.8) is 0 Å². The first-order valence-corrected chi connectivity index (χ1v) is 7.93. The normalized spacial score (nSPS) is 11.2. The Balaban J connectivity index is 2.66. The van der Waals surface area contributed by atoms with Crippen molar-refractivity contribution in [1.29, 1.82) is 5.26 Å². The molecule has 2 aromatic heterocycles. The van der Waals surface area contributed by atoms with E-state index >= 15 is 0 Å². The molecule has 0 saturated heterocycles. The van der Waals surface area contributed by atoms with Gasteiger partial charge in [-0.3, -0.25) is 14.3 Å². The van der Waals surface area contributed by atoms with E-state index in [1.807, 2.05) is 13.8 Å². The molecule has 21 heavy (non-hydrogen) atoms. The lowest BCUT2D eigenvalue weighted by molar-refractivity contribution is 0.283. The summed E-state index contributed by atoms with van der Waals surface area (Å²) in [6.07, 6.45) is 0. The van der Waals surface area contributed by atoms with E-state index in [2.05, 4.69) is 29.8 Å². The molecule has 6 heteroatoms. The first-order chi connectivity index (χ1) is 10.0. The predicted molar refractivity (Wildman–Crippen MR) is 85.6 cm³/mol. The zero-order chi connectivity index (χ0) is 15.6. The van der Waals surface area contributed by atoms with Crippen LogP contribution in [0.4, 0.5) is 0 Å². The van der Waals surface area contributed by atoms with Crippen LogP contribution in [-0.2, 0) is 13.1 Å². The minimum Gasteiger partial charge on any atom is -0.297 e. The molecule has 0 aliphatic carbocycles. The van der Waals surface area contributed by atoms with Gasteiger partial charge < -0.3 is 0 Å². The van der Waals surface area contributed by atoms with Crippen molar-refractivity contribution in [1.82, 2.24) is 14.5 Å². The van der Waals surface area contributed by atoms with Crippen molar-refractivity contribution >= 4 is 21.6 Å². The molecule has 2 heterocycles. The van der Waals surface area contributed by atoms with Crippen LogP contribution in [0.1, 0.15) is 30.1 Å². The van der Waals surface area contributed by atoms with E-state index in [0.717, 1.165) is 28.4 Å². The maximum Gasteiger partial charge on any atom is 0.263 e. The number of aryl methyl sites for hydroxylation is 2. The molecule has 0 aromatic carbocycles. The highest BCUT2D eigenvalue weighted by Crippen LogP contribution is 2.26. The lowest BCUT2D eigenvalue weighted by Crippen LogP contribution is -2.30. The highest BCUT2D eigenvalue weighted by atomic mass is 32.1. The minimum atomic E-state index is -0.0921. The van der Waals surface area contributed by atoms with Gasteiger partial charge in [-0.15, -0.1) is 11.3 Å². The van der Waals surface area contributed by atoms with Crippen molar-refractivity contribution in [2.45, 2.75) is 40.8 Å². The summed E-state index contributed by atoms with van der Waals surface area (Å²) in [5.74, 6) is 0.680. The summed E-state index contributed by atoms with van der Waals surface area (Å²) in [6, 6.07) is 2.07. The predicted octanol–water partition coefficient (Wildman–Crippen LogP) is 2.44. The third-order valence-electron chi connectivity index (χ3n) is 3.86. The van der Waals surface area contributed by atoms with Gasteiger partial charge in [0.25, 0.3) is 5.56 Å². The largest absolute Gasteiger partial charge is 0.297 e. The molecule has 0 bridgehead atoms. The van der Waals surface area contributed by atoms with E-state index in [0.29, 0.717) is 17.8 Å². The third kappa shape index (κ3) is 2.85. The van der Waals surface area contributed by atoms with Gasteiger partial charge in [-0.2, -0.15) is 5.26 Å². The van der Waals surface area contributed by atoms with Crippen LogP contribution in [0.3, 0.4) is 0 Å². The average molecular weight is 304 g/mol. The van der Waals surface area contributed by atoms with Gasteiger partial charge in [0.1, 0.15) is 17.2 Å². The molecule has 0 radical (unpaired) electrons. The Labute approximate surface area is 128 Å². The monoisotopic (exact) mass is 304 g/mol. The topological polar surface area (TPSA) is 61.9 Å². The van der Waals surface area contributed by atoms with Gasteiger partial charge in [0.05, 0.1) is 18.0 Å². The quantitative estimate of drug-likeness (QED) is 0.851. The third-order valence-corrected chi connectivity index (χ3v) is 4.96. The van der Waals surface area contributed by atoms with Crippen LogP contribution < -0.4 is 5.56 Å². The smallest absolute Gasteiger partial charge is 0.263 e. The molecule has 0 unspecified atom stereocenters. The van der Waals surface area contributed by atoms with Crippen LogP contribution in [0.5, 0.6) is 0 Å². The highest BCUT2D eigenvalue weighted by molar-refractivity contribution is 7.18. The van der Waals surface area contributed by atoms with Crippen LogP contribution in [0, 0.1) is 25.2 Å². The Morgan fingerprint density at radius 3 is 2.57 bits per heavy atom. The summed E-state index contributed by atoms with van der Waals surface area (Å²) in [6.45, 7) is 10.5. The lowest BCUT2D eigenvalue weighted by Gasteiger charge is -2.19. The molecule has 5 nitrogen and oxygen atoms in total. The SMILES string of the molecule is CCN(CC)Cc1nc2sc(C)c(C)c2c(=O)n1CC#N. The van der Waals surface area contributed by atoms with Crippen LogP contribution in [-0.4, -0.2) is 27.5 Å². The van der Waals surface area contributed by atoms with Gasteiger partial charge in [0.15, 0.2) is 0 Å². The average Bonchev–Trinajstić information content (AvgIpc) is 2.75. The van der Waals surface area contributed by atoms with E-state index in [4.69, 9.17) is 5.26 Å². The second-order valence-corrected chi connectivity index (χ2v) is 6.21. The Morgan fingerprint density at radius 2 is 2.00 bits per heavy atom. The molecule has 0 aliphatic rings. The molecule has 0 aliphatic heterocycles. The fraction of sp³-hybridized carbons (Fsp3) is 0.533. The molecule has 0 spiro atoms. The Hall–Kier alpha value is -1.71. The number of fused-ring (bicyclic) bond motifs is 1. The van der Waals surface area contributed by atoms with Crippen LogP contribution in [0.25, 0.3) is 10.2 Å². The second-order valence-electron chi connectivity index (χ2n) is 5.00. The molecule has 2 aromatic rings. The summed E-state index contributed by atoms with van der Waals surface area (Å²) in [5.41, 5.74) is 0.888. The fourth-order valence-electron chi connectivity index (χ4n) is 2.37. The van der Waals surface area contributed by atoms with Crippen molar-refractivity contribution in [3.05, 3.63) is 26.6 Å². The van der Waals surface area contributed by atoms with Crippen molar-refractivity contribution in [3.8, 4) is 6.07 Å². The van der Waals surface area contributed by atoms with Gasteiger partial charge in [-0.25, -0.2) is 4.98 Å².